The van der Waals surface area contributed by atoms with Gasteiger partial charge in [0.15, 0.2) is 0 Å². The molecule has 1 atom stereocenters. The van der Waals surface area contributed by atoms with E-state index < -0.39 is 29.0 Å². The third-order valence-electron chi connectivity index (χ3n) is 6.51. The van der Waals surface area contributed by atoms with Crippen LogP contribution >= 0.6 is 12.4 Å². The molecule has 0 radical (unpaired) electrons. The monoisotopic (exact) mass is 549 g/mol. The van der Waals surface area contributed by atoms with Gasteiger partial charge in [-0.25, -0.2) is 4.39 Å². The maximum atomic E-state index is 13.6. The van der Waals surface area contributed by atoms with E-state index in [1.807, 2.05) is 61.5 Å². The van der Waals surface area contributed by atoms with Gasteiger partial charge in [0.2, 0.25) is 5.91 Å². The fourth-order valence-corrected chi connectivity index (χ4v) is 4.33. The Labute approximate surface area is 224 Å². The van der Waals surface area contributed by atoms with Gasteiger partial charge in [0.1, 0.15) is 5.82 Å². The van der Waals surface area contributed by atoms with Gasteiger partial charge in [-0.05, 0) is 41.8 Å². The first-order valence-electron chi connectivity index (χ1n) is 12.0. The Morgan fingerprint density at radius 2 is 1.45 bits per heavy atom. The Bertz CT molecular complexity index is 1250. The number of alkyl halides is 3. The summed E-state index contributed by atoms with van der Waals surface area (Å²) >= 11 is 0. The average Bonchev–Trinajstić information content (AvgIpc) is 2.91. The van der Waals surface area contributed by atoms with Crippen molar-refractivity contribution in [3.63, 3.8) is 0 Å². The molecule has 0 aliphatic carbocycles. The Hall–Kier alpha value is -3.43. The van der Waals surface area contributed by atoms with Crippen molar-refractivity contribution in [1.82, 2.24) is 15.1 Å². The van der Waals surface area contributed by atoms with Crippen LogP contribution in [0, 0.1) is 5.82 Å². The van der Waals surface area contributed by atoms with Gasteiger partial charge >= 0.3 is 6.18 Å². The molecule has 0 saturated carbocycles. The first kappa shape index (κ1) is 29.1. The minimum atomic E-state index is -4.78. The molecule has 4 rings (SSSR count). The van der Waals surface area contributed by atoms with Gasteiger partial charge in [0.25, 0.3) is 5.91 Å². The van der Waals surface area contributed by atoms with Crippen molar-refractivity contribution in [1.29, 1.82) is 0 Å². The Kier molecular flexibility index (Phi) is 9.51. The average molecular weight is 550 g/mol. The molecule has 1 fully saturated rings. The van der Waals surface area contributed by atoms with Gasteiger partial charge in [0.05, 0.1) is 17.7 Å². The van der Waals surface area contributed by atoms with E-state index in [0.717, 1.165) is 16.7 Å². The maximum absolute atomic E-state index is 13.6. The summed E-state index contributed by atoms with van der Waals surface area (Å²) in [6.45, 7) is 2.53. The summed E-state index contributed by atoms with van der Waals surface area (Å²) in [5.41, 5.74) is 1.35. The van der Waals surface area contributed by atoms with Crippen LogP contribution in [0.15, 0.2) is 72.8 Å². The first-order chi connectivity index (χ1) is 17.6. The van der Waals surface area contributed by atoms with Crippen LogP contribution in [0.1, 0.15) is 34.5 Å². The van der Waals surface area contributed by atoms with E-state index in [1.165, 1.54) is 4.90 Å². The van der Waals surface area contributed by atoms with Crippen LogP contribution in [-0.2, 0) is 11.0 Å². The standard InChI is InChI=1S/C28H27F4N3O2.ClH/c1-19(20-7-9-22(10-8-20)21-5-3-2-4-6-21)33-18-26(36)34-13-15-35(16-14-34)27(37)24-17-23(29)11-12-25(24)28(30,31)32;/h2-12,17,19,33H,13-16,18H2,1H3;1H. The molecule has 1 N–H and O–H groups in total. The van der Waals surface area contributed by atoms with E-state index >= 15 is 0 Å². The van der Waals surface area contributed by atoms with Crippen LogP contribution in [0.25, 0.3) is 11.1 Å². The van der Waals surface area contributed by atoms with Crippen molar-refractivity contribution in [2.75, 3.05) is 32.7 Å². The number of halogens is 5. The van der Waals surface area contributed by atoms with Gasteiger partial charge in [-0.15, -0.1) is 12.4 Å². The molecule has 1 aliphatic rings. The molecular formula is C28H28ClF4N3O2. The lowest BCUT2D eigenvalue weighted by Gasteiger charge is -2.35. The van der Waals surface area contributed by atoms with Crippen LogP contribution in [0.4, 0.5) is 17.6 Å². The van der Waals surface area contributed by atoms with Crippen LogP contribution in [0.2, 0.25) is 0 Å². The molecule has 1 unspecified atom stereocenters. The van der Waals surface area contributed by atoms with Crippen LogP contribution in [0.5, 0.6) is 0 Å². The lowest BCUT2D eigenvalue weighted by molar-refractivity contribution is -0.138. The highest BCUT2D eigenvalue weighted by Crippen LogP contribution is 2.33. The minimum Gasteiger partial charge on any atom is -0.338 e. The zero-order valence-electron chi connectivity index (χ0n) is 20.7. The topological polar surface area (TPSA) is 52.7 Å². The highest BCUT2D eigenvalue weighted by atomic mass is 35.5. The number of nitrogens with one attached hydrogen (secondary N) is 1. The molecule has 2 amide bonds. The summed E-state index contributed by atoms with van der Waals surface area (Å²) in [7, 11) is 0. The summed E-state index contributed by atoms with van der Waals surface area (Å²) in [6.07, 6.45) is -4.78. The number of amides is 2. The number of rotatable bonds is 6. The SMILES string of the molecule is CC(NCC(=O)N1CCN(C(=O)c2cc(F)ccc2C(F)(F)F)CC1)c1ccc(-c2ccccc2)cc1.Cl. The molecular weight excluding hydrogens is 522 g/mol. The van der Waals surface area contributed by atoms with Crippen molar-refractivity contribution in [3.05, 3.63) is 95.3 Å². The zero-order chi connectivity index (χ0) is 26.6. The number of nitrogens with zero attached hydrogens (tertiary/aromatic N) is 2. The number of carbonyl (C=O) groups is 2. The Morgan fingerprint density at radius 3 is 2.05 bits per heavy atom. The quantitative estimate of drug-likeness (QED) is 0.409. The molecule has 1 heterocycles. The summed E-state index contributed by atoms with van der Waals surface area (Å²) in [6, 6.07) is 19.9. The lowest BCUT2D eigenvalue weighted by atomic mass is 10.0. The molecule has 0 spiro atoms. The molecule has 3 aromatic carbocycles. The molecule has 3 aromatic rings. The highest BCUT2D eigenvalue weighted by molar-refractivity contribution is 5.96. The Morgan fingerprint density at radius 1 is 0.868 bits per heavy atom. The van der Waals surface area contributed by atoms with E-state index in [9.17, 15) is 27.2 Å². The minimum absolute atomic E-state index is 0. The number of hydrogen-bond donors (Lipinski definition) is 1. The largest absolute Gasteiger partial charge is 0.417 e. The molecule has 202 valence electrons. The molecule has 38 heavy (non-hydrogen) atoms. The summed E-state index contributed by atoms with van der Waals surface area (Å²) in [4.78, 5) is 28.2. The summed E-state index contributed by atoms with van der Waals surface area (Å²) in [5, 5.41) is 3.21. The summed E-state index contributed by atoms with van der Waals surface area (Å²) < 4.78 is 53.5. The fourth-order valence-electron chi connectivity index (χ4n) is 4.33. The van der Waals surface area contributed by atoms with E-state index in [2.05, 4.69) is 5.32 Å². The molecule has 1 aliphatic heterocycles. The van der Waals surface area contributed by atoms with E-state index in [-0.39, 0.29) is 57.1 Å². The van der Waals surface area contributed by atoms with Crippen molar-refractivity contribution >= 4 is 24.2 Å². The predicted molar refractivity (Wildman–Crippen MR) is 139 cm³/mol. The van der Waals surface area contributed by atoms with Gasteiger partial charge in [0, 0.05) is 32.2 Å². The van der Waals surface area contributed by atoms with Crippen LogP contribution < -0.4 is 5.32 Å². The molecule has 5 nitrogen and oxygen atoms in total. The highest BCUT2D eigenvalue weighted by Gasteiger charge is 2.37. The van der Waals surface area contributed by atoms with Crippen LogP contribution in [-0.4, -0.2) is 54.3 Å². The Balaban J connectivity index is 0.00000400. The van der Waals surface area contributed by atoms with Gasteiger partial charge in [-0.3, -0.25) is 9.59 Å². The summed E-state index contributed by atoms with van der Waals surface area (Å²) in [5.74, 6) is -1.98. The first-order valence-corrected chi connectivity index (χ1v) is 12.0. The second kappa shape index (κ2) is 12.4. The van der Waals surface area contributed by atoms with Crippen molar-refractivity contribution in [2.45, 2.75) is 19.1 Å². The normalized spacial score (nSPS) is 14.6. The van der Waals surface area contributed by atoms with E-state index in [1.54, 1.807) is 4.90 Å². The van der Waals surface area contributed by atoms with Gasteiger partial charge < -0.3 is 15.1 Å². The molecule has 0 bridgehead atoms. The van der Waals surface area contributed by atoms with E-state index in [0.29, 0.717) is 18.2 Å². The zero-order valence-corrected chi connectivity index (χ0v) is 21.5. The molecule has 0 aromatic heterocycles. The van der Waals surface area contributed by atoms with Gasteiger partial charge in [-0.2, -0.15) is 13.2 Å². The smallest absolute Gasteiger partial charge is 0.338 e. The van der Waals surface area contributed by atoms with Crippen molar-refractivity contribution in [2.24, 2.45) is 0 Å². The van der Waals surface area contributed by atoms with Crippen molar-refractivity contribution in [3.8, 4) is 11.1 Å². The number of carbonyl (C=O) groups excluding carboxylic acids is 2. The fraction of sp³-hybridized carbons (Fsp3) is 0.286. The molecule has 1 saturated heterocycles. The lowest BCUT2D eigenvalue weighted by Crippen LogP contribution is -2.52. The van der Waals surface area contributed by atoms with Gasteiger partial charge in [-0.1, -0.05) is 54.6 Å². The van der Waals surface area contributed by atoms with Crippen molar-refractivity contribution < 1.29 is 27.2 Å². The maximum Gasteiger partial charge on any atom is 0.417 e. The third kappa shape index (κ3) is 6.90. The van der Waals surface area contributed by atoms with Crippen LogP contribution in [0.3, 0.4) is 0 Å². The van der Waals surface area contributed by atoms with E-state index in [4.69, 9.17) is 0 Å². The molecule has 10 heteroatoms. The number of hydrogen-bond acceptors (Lipinski definition) is 3. The predicted octanol–water partition coefficient (Wildman–Crippen LogP) is 5.57. The number of benzene rings is 3. The number of piperazine rings is 1. The second-order valence-corrected chi connectivity index (χ2v) is 8.95. The second-order valence-electron chi connectivity index (χ2n) is 8.95. The third-order valence-corrected chi connectivity index (χ3v) is 6.51.